The van der Waals surface area contributed by atoms with Crippen LogP contribution in [0.2, 0.25) is 0 Å². The van der Waals surface area contributed by atoms with Gasteiger partial charge in [-0.1, -0.05) is 0 Å². The number of anilines is 1. The average molecular weight is 394 g/mol. The van der Waals surface area contributed by atoms with Crippen LogP contribution in [0.5, 0.6) is 0 Å². The third kappa shape index (κ3) is 4.39. The van der Waals surface area contributed by atoms with Crippen LogP contribution in [0.1, 0.15) is 25.0 Å². The van der Waals surface area contributed by atoms with Crippen molar-refractivity contribution in [2.45, 2.75) is 19.1 Å². The summed E-state index contributed by atoms with van der Waals surface area (Å²) in [6.45, 7) is 1.63. The van der Waals surface area contributed by atoms with E-state index >= 15 is 0 Å². The zero-order chi connectivity index (χ0) is 20.1. The summed E-state index contributed by atoms with van der Waals surface area (Å²) >= 11 is 0. The number of hydrogen-bond acceptors (Lipinski definition) is 7. The minimum Gasteiger partial charge on any atom is -0.353 e. The van der Waals surface area contributed by atoms with E-state index in [2.05, 4.69) is 31.3 Å². The van der Waals surface area contributed by atoms with Crippen molar-refractivity contribution in [1.29, 1.82) is 5.26 Å². The fourth-order valence-corrected chi connectivity index (χ4v) is 2.96. The van der Waals surface area contributed by atoms with Gasteiger partial charge in [0.25, 0.3) is 0 Å². The predicted octanol–water partition coefficient (Wildman–Crippen LogP) is 3.43. The van der Waals surface area contributed by atoms with Gasteiger partial charge in [0.15, 0.2) is 5.82 Å². The van der Waals surface area contributed by atoms with Gasteiger partial charge in [-0.25, -0.2) is 19.3 Å². The van der Waals surface area contributed by atoms with Gasteiger partial charge < -0.3 is 19.8 Å². The Labute approximate surface area is 166 Å². The summed E-state index contributed by atoms with van der Waals surface area (Å²) in [5.74, 6) is 0.608. The van der Waals surface area contributed by atoms with E-state index in [4.69, 9.17) is 14.7 Å². The van der Waals surface area contributed by atoms with Gasteiger partial charge in [0, 0.05) is 18.3 Å². The molecule has 0 unspecified atom stereocenters. The second-order valence-electron chi connectivity index (χ2n) is 6.38. The van der Waals surface area contributed by atoms with Crippen molar-refractivity contribution in [3.8, 4) is 28.7 Å². The monoisotopic (exact) mass is 394 g/mol. The number of benzene rings is 1. The lowest BCUT2D eigenvalue weighted by atomic mass is 10.1. The number of H-pyrrole nitrogens is 1. The second kappa shape index (κ2) is 8.77. The lowest BCUT2D eigenvalue weighted by Crippen LogP contribution is -2.18. The van der Waals surface area contributed by atoms with Crippen LogP contribution in [0.4, 0.5) is 10.3 Å². The van der Waals surface area contributed by atoms with Crippen LogP contribution in [0, 0.1) is 17.1 Å². The third-order valence-corrected chi connectivity index (χ3v) is 4.32. The van der Waals surface area contributed by atoms with Crippen LogP contribution in [-0.2, 0) is 9.47 Å². The summed E-state index contributed by atoms with van der Waals surface area (Å²) in [6.07, 6.45) is 2.21. The number of rotatable bonds is 6. The molecule has 2 aromatic heterocycles. The quantitative estimate of drug-likeness (QED) is 0.617. The van der Waals surface area contributed by atoms with Gasteiger partial charge in [0.05, 0.1) is 42.8 Å². The topological polar surface area (TPSA) is 109 Å². The van der Waals surface area contributed by atoms with E-state index < -0.39 is 6.29 Å². The molecule has 0 bridgehead atoms. The highest BCUT2D eigenvalue weighted by Gasteiger charge is 2.24. The second-order valence-corrected chi connectivity index (χ2v) is 6.38. The number of hydrogen-bond donors (Lipinski definition) is 2. The first-order valence-corrected chi connectivity index (χ1v) is 9.28. The number of aromatic amines is 1. The number of aromatic nitrogens is 4. The standard InChI is InChI=1S/C20H19FN6O2/c21-14-5-3-13(4-6-14)16-17(27-18(26-16)19-28-11-2-12-29-19)15-7-10-24-20(25-15)23-9-1-8-22/h3-7,10,19H,1-2,9,11-12H2,(H,26,27)(H,23,24,25). The summed E-state index contributed by atoms with van der Waals surface area (Å²) in [6, 6.07) is 9.91. The maximum atomic E-state index is 13.4. The molecule has 0 amide bonds. The zero-order valence-electron chi connectivity index (χ0n) is 15.6. The molecule has 0 radical (unpaired) electrons. The van der Waals surface area contributed by atoms with Crippen LogP contribution in [-0.4, -0.2) is 39.7 Å². The molecule has 2 N–H and O–H groups in total. The lowest BCUT2D eigenvalue weighted by Gasteiger charge is -2.21. The van der Waals surface area contributed by atoms with E-state index in [-0.39, 0.29) is 5.82 Å². The number of ether oxygens (including phenoxy) is 2. The highest BCUT2D eigenvalue weighted by molar-refractivity contribution is 5.77. The minimum atomic E-state index is -0.591. The van der Waals surface area contributed by atoms with Crippen molar-refractivity contribution >= 4 is 5.95 Å². The van der Waals surface area contributed by atoms with Crippen LogP contribution in [0.3, 0.4) is 0 Å². The number of nitrogens with one attached hydrogen (secondary N) is 2. The van der Waals surface area contributed by atoms with Crippen molar-refractivity contribution in [3.63, 3.8) is 0 Å². The lowest BCUT2D eigenvalue weighted by molar-refractivity contribution is -0.186. The Morgan fingerprint density at radius 3 is 2.72 bits per heavy atom. The van der Waals surface area contributed by atoms with Gasteiger partial charge in [0.1, 0.15) is 5.82 Å². The van der Waals surface area contributed by atoms with Gasteiger partial charge in [-0.3, -0.25) is 0 Å². The molecule has 1 saturated heterocycles. The van der Waals surface area contributed by atoms with Crippen molar-refractivity contribution in [2.75, 3.05) is 25.1 Å². The summed E-state index contributed by atoms with van der Waals surface area (Å²) < 4.78 is 24.7. The Kier molecular flexibility index (Phi) is 5.74. The van der Waals surface area contributed by atoms with Gasteiger partial charge in [-0.15, -0.1) is 0 Å². The molecule has 1 aliphatic heterocycles. The van der Waals surface area contributed by atoms with Gasteiger partial charge in [0.2, 0.25) is 12.2 Å². The zero-order valence-corrected chi connectivity index (χ0v) is 15.6. The third-order valence-electron chi connectivity index (χ3n) is 4.32. The average Bonchev–Trinajstić information content (AvgIpc) is 3.21. The minimum absolute atomic E-state index is 0.323. The Balaban J connectivity index is 1.72. The summed E-state index contributed by atoms with van der Waals surface area (Å²) in [5.41, 5.74) is 2.60. The number of halogens is 1. The molecule has 0 aliphatic carbocycles. The number of nitrogens with zero attached hydrogens (tertiary/aromatic N) is 4. The smallest absolute Gasteiger partial charge is 0.223 e. The van der Waals surface area contributed by atoms with Crippen molar-refractivity contribution < 1.29 is 13.9 Å². The Hall–Kier alpha value is -3.35. The van der Waals surface area contributed by atoms with E-state index in [9.17, 15) is 4.39 Å². The molecule has 0 atom stereocenters. The summed E-state index contributed by atoms with van der Waals surface area (Å²) in [4.78, 5) is 16.6. The predicted molar refractivity (Wildman–Crippen MR) is 103 cm³/mol. The number of imidazole rings is 1. The van der Waals surface area contributed by atoms with Crippen molar-refractivity contribution in [1.82, 2.24) is 19.9 Å². The van der Waals surface area contributed by atoms with Crippen LogP contribution >= 0.6 is 0 Å². The normalized spacial score (nSPS) is 14.5. The molecule has 148 valence electrons. The van der Waals surface area contributed by atoms with Crippen molar-refractivity contribution in [3.05, 3.63) is 48.2 Å². The van der Waals surface area contributed by atoms with Gasteiger partial charge in [-0.2, -0.15) is 5.26 Å². The largest absolute Gasteiger partial charge is 0.353 e. The molecule has 0 saturated carbocycles. The molecule has 1 aliphatic rings. The van der Waals surface area contributed by atoms with E-state index in [0.29, 0.717) is 55.0 Å². The molecular weight excluding hydrogens is 375 g/mol. The molecule has 4 rings (SSSR count). The Morgan fingerprint density at radius 1 is 1.17 bits per heavy atom. The Bertz CT molecular complexity index is 1010. The first kappa shape index (κ1) is 19.0. The van der Waals surface area contributed by atoms with Crippen molar-refractivity contribution in [2.24, 2.45) is 0 Å². The van der Waals surface area contributed by atoms with Crippen LogP contribution < -0.4 is 5.32 Å². The molecule has 0 spiro atoms. The van der Waals surface area contributed by atoms with E-state index in [0.717, 1.165) is 12.0 Å². The molecule has 3 aromatic rings. The maximum Gasteiger partial charge on any atom is 0.223 e. The first-order valence-electron chi connectivity index (χ1n) is 9.28. The highest BCUT2D eigenvalue weighted by Crippen LogP contribution is 2.32. The molecule has 8 nitrogen and oxygen atoms in total. The number of nitriles is 1. The SMILES string of the molecule is N#CCCNc1nccc(-c2[nH]c(C3OCCCO3)nc2-c2ccc(F)cc2)n1. The summed E-state index contributed by atoms with van der Waals surface area (Å²) in [5, 5.41) is 11.7. The molecule has 9 heteroatoms. The van der Waals surface area contributed by atoms with Crippen LogP contribution in [0.25, 0.3) is 22.6 Å². The highest BCUT2D eigenvalue weighted by atomic mass is 19.1. The first-order chi connectivity index (χ1) is 14.2. The molecule has 29 heavy (non-hydrogen) atoms. The van der Waals surface area contributed by atoms with Gasteiger partial charge >= 0.3 is 0 Å². The molecular formula is C20H19FN6O2. The maximum absolute atomic E-state index is 13.4. The summed E-state index contributed by atoms with van der Waals surface area (Å²) in [7, 11) is 0. The van der Waals surface area contributed by atoms with Gasteiger partial charge in [-0.05, 0) is 36.8 Å². The van der Waals surface area contributed by atoms with E-state index in [1.165, 1.54) is 12.1 Å². The fraction of sp³-hybridized carbons (Fsp3) is 0.300. The molecule has 3 heterocycles. The molecule has 1 fully saturated rings. The van der Waals surface area contributed by atoms with E-state index in [1.54, 1.807) is 24.4 Å². The fourth-order valence-electron chi connectivity index (χ4n) is 2.96. The molecule has 1 aromatic carbocycles. The Morgan fingerprint density at radius 2 is 1.97 bits per heavy atom. The van der Waals surface area contributed by atoms with E-state index in [1.807, 2.05) is 0 Å². The van der Waals surface area contributed by atoms with Crippen LogP contribution in [0.15, 0.2) is 36.5 Å².